The number of fused-ring (bicyclic) bond motifs is 1. The average molecular weight is 442 g/mol. The largest absolute Gasteiger partial charge is 0.461 e. The summed E-state index contributed by atoms with van der Waals surface area (Å²) in [5, 5.41) is 22.1. The number of rotatable bonds is 6. The predicted octanol–water partition coefficient (Wildman–Crippen LogP) is 4.88. The lowest BCUT2D eigenvalue weighted by Crippen LogP contribution is -2.23. The predicted molar refractivity (Wildman–Crippen MR) is 118 cm³/mol. The maximum absolute atomic E-state index is 12.9. The summed E-state index contributed by atoms with van der Waals surface area (Å²) in [6.07, 6.45) is 6.95. The van der Waals surface area contributed by atoms with Crippen molar-refractivity contribution in [2.75, 3.05) is 5.32 Å². The highest BCUT2D eigenvalue weighted by Crippen LogP contribution is 2.37. The molecule has 0 saturated heterocycles. The molecule has 1 atom stereocenters. The van der Waals surface area contributed by atoms with Gasteiger partial charge < -0.3 is 9.73 Å². The summed E-state index contributed by atoms with van der Waals surface area (Å²) in [5.74, 6) is 1.15. The van der Waals surface area contributed by atoms with Gasteiger partial charge in [-0.2, -0.15) is 5.26 Å². The molecule has 1 N–H and O–H groups in total. The van der Waals surface area contributed by atoms with Gasteiger partial charge in [-0.3, -0.25) is 9.36 Å². The Morgan fingerprint density at radius 3 is 2.97 bits per heavy atom. The number of furan rings is 1. The van der Waals surface area contributed by atoms with Gasteiger partial charge >= 0.3 is 0 Å². The van der Waals surface area contributed by atoms with Crippen LogP contribution in [0, 0.1) is 11.3 Å². The number of amides is 1. The second-order valence-electron chi connectivity index (χ2n) is 7.16. The molecular weight excluding hydrogens is 418 g/mol. The third-order valence-corrected chi connectivity index (χ3v) is 7.48. The van der Waals surface area contributed by atoms with E-state index in [0.717, 1.165) is 31.2 Å². The summed E-state index contributed by atoms with van der Waals surface area (Å²) in [6.45, 7) is 4.50. The Labute approximate surface area is 183 Å². The van der Waals surface area contributed by atoms with E-state index < -0.39 is 5.25 Å². The molecule has 1 aliphatic rings. The zero-order chi connectivity index (χ0) is 21.1. The van der Waals surface area contributed by atoms with E-state index in [0.29, 0.717) is 33.9 Å². The third-order valence-electron chi connectivity index (χ3n) is 5.20. The fourth-order valence-electron chi connectivity index (χ4n) is 3.62. The van der Waals surface area contributed by atoms with Gasteiger partial charge in [-0.15, -0.1) is 21.5 Å². The van der Waals surface area contributed by atoms with Crippen LogP contribution in [0.15, 0.2) is 28.0 Å². The molecule has 30 heavy (non-hydrogen) atoms. The number of nitrogens with one attached hydrogen (secondary N) is 1. The van der Waals surface area contributed by atoms with Gasteiger partial charge in [-0.1, -0.05) is 18.2 Å². The first kappa shape index (κ1) is 20.7. The molecule has 0 aliphatic heterocycles. The maximum atomic E-state index is 12.9. The van der Waals surface area contributed by atoms with Crippen molar-refractivity contribution in [3.63, 3.8) is 0 Å². The number of hydrogen-bond acceptors (Lipinski definition) is 7. The number of nitriles is 1. The number of thioether (sulfide) groups is 1. The highest BCUT2D eigenvalue weighted by molar-refractivity contribution is 8.00. The Hall–Kier alpha value is -2.57. The molecule has 0 aromatic carbocycles. The van der Waals surface area contributed by atoms with E-state index in [1.165, 1.54) is 23.1 Å². The normalized spacial score (nSPS) is 14.6. The molecule has 1 amide bonds. The van der Waals surface area contributed by atoms with Crippen molar-refractivity contribution in [3.8, 4) is 17.7 Å². The molecule has 156 valence electrons. The van der Waals surface area contributed by atoms with Crippen LogP contribution in [0.1, 0.15) is 49.1 Å². The molecule has 0 fully saturated rings. The van der Waals surface area contributed by atoms with E-state index in [-0.39, 0.29) is 5.91 Å². The molecule has 0 bridgehead atoms. The smallest absolute Gasteiger partial charge is 0.238 e. The van der Waals surface area contributed by atoms with Gasteiger partial charge in [-0.25, -0.2) is 0 Å². The number of carbonyl (C=O) groups is 1. The Morgan fingerprint density at radius 2 is 2.23 bits per heavy atom. The standard InChI is InChI=1S/C21H23N5O2S2/c1-3-26-18(16-9-7-11-28-16)24-25-21(26)29-13(2)19(27)23-20-15(12-22)14-8-5-4-6-10-17(14)30-20/h7,9,11,13H,3-6,8,10H2,1-2H3,(H,23,27)/t13-/m1/s1. The van der Waals surface area contributed by atoms with Gasteiger partial charge in [0.25, 0.3) is 0 Å². The lowest BCUT2D eigenvalue weighted by Gasteiger charge is -2.12. The zero-order valence-corrected chi connectivity index (χ0v) is 18.6. The number of aryl methyl sites for hydroxylation is 1. The highest BCUT2D eigenvalue weighted by Gasteiger charge is 2.25. The van der Waals surface area contributed by atoms with Crippen molar-refractivity contribution in [2.24, 2.45) is 0 Å². The van der Waals surface area contributed by atoms with Crippen molar-refractivity contribution in [1.29, 1.82) is 5.26 Å². The van der Waals surface area contributed by atoms with E-state index >= 15 is 0 Å². The molecule has 0 saturated carbocycles. The van der Waals surface area contributed by atoms with E-state index in [4.69, 9.17) is 4.42 Å². The summed E-state index contributed by atoms with van der Waals surface area (Å²) in [5.41, 5.74) is 1.77. The first-order valence-corrected chi connectivity index (χ1v) is 11.8. The highest BCUT2D eigenvalue weighted by atomic mass is 32.2. The van der Waals surface area contributed by atoms with Crippen LogP contribution in [0.5, 0.6) is 0 Å². The Kier molecular flexibility index (Phi) is 6.25. The van der Waals surface area contributed by atoms with Gasteiger partial charge in [0.1, 0.15) is 11.1 Å². The molecule has 0 spiro atoms. The molecule has 4 rings (SSSR count). The van der Waals surface area contributed by atoms with Crippen LogP contribution in [-0.2, 0) is 24.2 Å². The number of hydrogen-bond donors (Lipinski definition) is 1. The molecule has 0 radical (unpaired) electrons. The van der Waals surface area contributed by atoms with E-state index in [1.807, 2.05) is 30.5 Å². The molecule has 0 unspecified atom stereocenters. The maximum Gasteiger partial charge on any atom is 0.238 e. The Bertz CT molecular complexity index is 1080. The SMILES string of the molecule is CCn1c(S[C@H](C)C(=O)Nc2sc3c(c2C#N)CCCCC3)nnc1-c1ccco1. The zero-order valence-electron chi connectivity index (χ0n) is 17.0. The van der Waals surface area contributed by atoms with Crippen LogP contribution in [0.2, 0.25) is 0 Å². The van der Waals surface area contributed by atoms with Crippen LogP contribution < -0.4 is 5.32 Å². The van der Waals surface area contributed by atoms with Crippen LogP contribution >= 0.6 is 23.1 Å². The minimum atomic E-state index is -0.391. The monoisotopic (exact) mass is 441 g/mol. The number of carbonyl (C=O) groups excluding carboxylic acids is 1. The summed E-state index contributed by atoms with van der Waals surface area (Å²) >= 11 is 2.90. The number of anilines is 1. The van der Waals surface area contributed by atoms with Gasteiger partial charge in [-0.05, 0) is 57.2 Å². The van der Waals surface area contributed by atoms with E-state index in [9.17, 15) is 10.1 Å². The van der Waals surface area contributed by atoms with Crippen LogP contribution in [0.4, 0.5) is 5.00 Å². The van der Waals surface area contributed by atoms with Gasteiger partial charge in [0.2, 0.25) is 5.91 Å². The first-order chi connectivity index (χ1) is 14.6. The third kappa shape index (κ3) is 4.02. The van der Waals surface area contributed by atoms with Crippen molar-refractivity contribution in [3.05, 3.63) is 34.4 Å². The van der Waals surface area contributed by atoms with Gasteiger partial charge in [0, 0.05) is 11.4 Å². The Morgan fingerprint density at radius 1 is 1.40 bits per heavy atom. The van der Waals surface area contributed by atoms with Gasteiger partial charge in [0.15, 0.2) is 16.7 Å². The minimum Gasteiger partial charge on any atom is -0.461 e. The second kappa shape index (κ2) is 9.06. The summed E-state index contributed by atoms with van der Waals surface area (Å²) in [7, 11) is 0. The summed E-state index contributed by atoms with van der Waals surface area (Å²) in [4.78, 5) is 14.1. The first-order valence-electron chi connectivity index (χ1n) is 10.1. The quantitative estimate of drug-likeness (QED) is 0.433. The van der Waals surface area contributed by atoms with Crippen LogP contribution in [-0.4, -0.2) is 25.9 Å². The van der Waals surface area contributed by atoms with Crippen molar-refractivity contribution >= 4 is 34.0 Å². The minimum absolute atomic E-state index is 0.141. The molecule has 3 aromatic rings. The lowest BCUT2D eigenvalue weighted by molar-refractivity contribution is -0.115. The van der Waals surface area contributed by atoms with Crippen molar-refractivity contribution in [2.45, 2.75) is 62.9 Å². The number of aromatic nitrogens is 3. The summed E-state index contributed by atoms with van der Waals surface area (Å²) < 4.78 is 7.37. The fraction of sp³-hybridized carbons (Fsp3) is 0.429. The van der Waals surface area contributed by atoms with Crippen molar-refractivity contribution < 1.29 is 9.21 Å². The average Bonchev–Trinajstić information content (AvgIpc) is 3.43. The molecular formula is C21H23N5O2S2. The van der Waals surface area contributed by atoms with Crippen molar-refractivity contribution in [1.82, 2.24) is 14.8 Å². The molecule has 3 heterocycles. The molecule has 3 aromatic heterocycles. The lowest BCUT2D eigenvalue weighted by atomic mass is 10.1. The number of thiophene rings is 1. The fourth-order valence-corrected chi connectivity index (χ4v) is 5.78. The second-order valence-corrected chi connectivity index (χ2v) is 9.57. The molecule has 9 heteroatoms. The van der Waals surface area contributed by atoms with E-state index in [1.54, 1.807) is 17.6 Å². The van der Waals surface area contributed by atoms with Crippen LogP contribution in [0.25, 0.3) is 11.6 Å². The Balaban J connectivity index is 1.50. The van der Waals surface area contributed by atoms with Gasteiger partial charge in [0.05, 0.1) is 17.1 Å². The number of nitrogens with zero attached hydrogens (tertiary/aromatic N) is 4. The van der Waals surface area contributed by atoms with Crippen LogP contribution in [0.3, 0.4) is 0 Å². The topological polar surface area (TPSA) is 96.7 Å². The molecule has 1 aliphatic carbocycles. The summed E-state index contributed by atoms with van der Waals surface area (Å²) in [6, 6.07) is 5.96. The molecule has 7 nitrogen and oxygen atoms in total. The van der Waals surface area contributed by atoms with E-state index in [2.05, 4.69) is 21.6 Å².